The molecule has 81 valence electrons. The molecule has 3 atom stereocenters. The lowest BCUT2D eigenvalue weighted by atomic mass is 9.43. The maximum atomic E-state index is 12.1. The molecule has 0 aromatic carbocycles. The Morgan fingerprint density at radius 2 is 1.93 bits per heavy atom. The largest absolute Gasteiger partial charge is 0.360 e. The number of rotatable bonds is 0. The molecule has 4 saturated carbocycles. The fourth-order valence-electron chi connectivity index (χ4n) is 5.11. The zero-order valence-electron chi connectivity index (χ0n) is 9.16. The highest BCUT2D eigenvalue weighted by Crippen LogP contribution is 2.68. The number of ketones is 1. The predicted octanol–water partition coefficient (Wildman–Crippen LogP) is 2.33. The Morgan fingerprint density at radius 1 is 1.27 bits per heavy atom. The van der Waals surface area contributed by atoms with Crippen LogP contribution >= 0.6 is 0 Å². The molecule has 0 aromatic heterocycles. The fourth-order valence-corrected chi connectivity index (χ4v) is 5.11. The van der Waals surface area contributed by atoms with E-state index >= 15 is 0 Å². The van der Waals surface area contributed by atoms with Gasteiger partial charge in [0.25, 0.3) is 0 Å². The van der Waals surface area contributed by atoms with E-state index < -0.39 is 0 Å². The van der Waals surface area contributed by atoms with E-state index in [1.807, 2.05) is 0 Å². The molecule has 4 bridgehead atoms. The SMILES string of the molecule is CC12C(=O)[CH]OC13CC1CC(CC2C1)C3. The van der Waals surface area contributed by atoms with Crippen LogP contribution in [0.15, 0.2) is 0 Å². The van der Waals surface area contributed by atoms with E-state index in [1.54, 1.807) is 0 Å². The van der Waals surface area contributed by atoms with Gasteiger partial charge in [0.05, 0.1) is 11.0 Å². The van der Waals surface area contributed by atoms with Gasteiger partial charge in [-0.25, -0.2) is 0 Å². The molecule has 4 aliphatic carbocycles. The van der Waals surface area contributed by atoms with E-state index in [2.05, 4.69) is 6.92 Å². The minimum Gasteiger partial charge on any atom is -0.360 e. The number of carbonyl (C=O) groups is 1. The van der Waals surface area contributed by atoms with Crippen LogP contribution in [0.2, 0.25) is 0 Å². The molecule has 5 fully saturated rings. The van der Waals surface area contributed by atoms with Gasteiger partial charge < -0.3 is 4.74 Å². The van der Waals surface area contributed by atoms with Crippen LogP contribution in [-0.4, -0.2) is 11.4 Å². The normalized spacial score (nSPS) is 61.1. The second kappa shape index (κ2) is 2.32. The fraction of sp³-hybridized carbons (Fsp3) is 0.846. The van der Waals surface area contributed by atoms with Gasteiger partial charge in [0.15, 0.2) is 12.4 Å². The van der Waals surface area contributed by atoms with Crippen molar-refractivity contribution in [2.75, 3.05) is 0 Å². The molecule has 5 rings (SSSR count). The van der Waals surface area contributed by atoms with E-state index in [9.17, 15) is 4.79 Å². The maximum absolute atomic E-state index is 12.1. The summed E-state index contributed by atoms with van der Waals surface area (Å²) in [4.78, 5) is 12.1. The van der Waals surface area contributed by atoms with Gasteiger partial charge in [-0.05, 0) is 56.8 Å². The van der Waals surface area contributed by atoms with Crippen molar-refractivity contribution in [2.45, 2.75) is 44.6 Å². The minimum absolute atomic E-state index is 0.0845. The summed E-state index contributed by atoms with van der Waals surface area (Å²) in [7, 11) is 0. The Kier molecular flexibility index (Phi) is 1.35. The second-order valence-corrected chi connectivity index (χ2v) is 6.34. The van der Waals surface area contributed by atoms with E-state index in [0.29, 0.717) is 5.92 Å². The van der Waals surface area contributed by atoms with Crippen molar-refractivity contribution in [2.24, 2.45) is 23.2 Å². The first-order valence-electron chi connectivity index (χ1n) is 6.19. The quantitative estimate of drug-likeness (QED) is 0.606. The van der Waals surface area contributed by atoms with Crippen LogP contribution in [0.25, 0.3) is 0 Å². The molecular formula is C13H17O2. The van der Waals surface area contributed by atoms with E-state index in [-0.39, 0.29) is 16.8 Å². The molecule has 2 heteroatoms. The van der Waals surface area contributed by atoms with Crippen LogP contribution in [0.3, 0.4) is 0 Å². The molecule has 5 aliphatic rings. The first-order valence-corrected chi connectivity index (χ1v) is 6.19. The summed E-state index contributed by atoms with van der Waals surface area (Å²) in [6, 6.07) is 0. The molecule has 1 spiro atoms. The second-order valence-electron chi connectivity index (χ2n) is 6.34. The highest BCUT2D eigenvalue weighted by atomic mass is 16.5. The molecule has 0 amide bonds. The molecule has 3 unspecified atom stereocenters. The summed E-state index contributed by atoms with van der Waals surface area (Å²) in [5.41, 5.74) is -0.251. The summed E-state index contributed by atoms with van der Waals surface area (Å²) in [6.07, 6.45) is 6.22. The summed E-state index contributed by atoms with van der Waals surface area (Å²) in [5.74, 6) is 2.56. The Labute approximate surface area is 90.4 Å². The third kappa shape index (κ3) is 0.780. The minimum atomic E-state index is -0.166. The maximum Gasteiger partial charge on any atom is 0.173 e. The van der Waals surface area contributed by atoms with Gasteiger partial charge >= 0.3 is 0 Å². The smallest absolute Gasteiger partial charge is 0.173 e. The lowest BCUT2D eigenvalue weighted by Gasteiger charge is -2.62. The van der Waals surface area contributed by atoms with Crippen LogP contribution < -0.4 is 0 Å². The molecule has 0 aromatic rings. The Balaban J connectivity index is 1.89. The molecule has 1 saturated heterocycles. The lowest BCUT2D eigenvalue weighted by Crippen LogP contribution is -2.63. The number of Topliss-reactive ketones (excluding diaryl/α,β-unsaturated/α-hetero) is 1. The molecular weight excluding hydrogens is 188 g/mol. The average molecular weight is 205 g/mol. The van der Waals surface area contributed by atoms with Crippen LogP contribution in [0.1, 0.15) is 39.0 Å². The Morgan fingerprint density at radius 3 is 2.60 bits per heavy atom. The standard InChI is InChI=1S/C13H17O2/c1-12-10-3-8-2-9(4-10)6-13(12,5-8)15-7-11(12)14/h7-10H,2-6H2,1H3. The van der Waals surface area contributed by atoms with E-state index in [0.717, 1.165) is 24.7 Å². The average Bonchev–Trinajstić information content (AvgIpc) is 2.43. The van der Waals surface area contributed by atoms with Gasteiger partial charge in [-0.3, -0.25) is 4.79 Å². The summed E-state index contributed by atoms with van der Waals surface area (Å²) >= 11 is 0. The zero-order valence-corrected chi connectivity index (χ0v) is 9.16. The van der Waals surface area contributed by atoms with Gasteiger partial charge in [-0.15, -0.1) is 0 Å². The number of hydrogen-bond acceptors (Lipinski definition) is 2. The van der Waals surface area contributed by atoms with E-state index in [4.69, 9.17) is 4.74 Å². The monoisotopic (exact) mass is 205 g/mol. The van der Waals surface area contributed by atoms with Crippen LogP contribution in [-0.2, 0) is 9.53 Å². The Hall–Kier alpha value is -0.370. The number of hydrogen-bond donors (Lipinski definition) is 0. The van der Waals surface area contributed by atoms with Crippen molar-refractivity contribution in [1.82, 2.24) is 0 Å². The van der Waals surface area contributed by atoms with Crippen LogP contribution in [0.5, 0.6) is 0 Å². The van der Waals surface area contributed by atoms with Gasteiger partial charge in [0, 0.05) is 0 Å². The molecule has 1 heterocycles. The third-order valence-electron chi connectivity index (χ3n) is 5.81. The molecule has 15 heavy (non-hydrogen) atoms. The van der Waals surface area contributed by atoms with Gasteiger partial charge in [0.2, 0.25) is 0 Å². The third-order valence-corrected chi connectivity index (χ3v) is 5.81. The van der Waals surface area contributed by atoms with Crippen LogP contribution in [0.4, 0.5) is 0 Å². The van der Waals surface area contributed by atoms with Crippen molar-refractivity contribution >= 4 is 5.78 Å². The van der Waals surface area contributed by atoms with Crippen molar-refractivity contribution in [3.63, 3.8) is 0 Å². The molecule has 0 N–H and O–H groups in total. The highest BCUT2D eigenvalue weighted by molar-refractivity contribution is 5.94. The van der Waals surface area contributed by atoms with Crippen molar-refractivity contribution < 1.29 is 9.53 Å². The van der Waals surface area contributed by atoms with Crippen LogP contribution in [0, 0.1) is 29.8 Å². The summed E-state index contributed by atoms with van der Waals surface area (Å²) in [6.45, 7) is 3.70. The van der Waals surface area contributed by atoms with Crippen molar-refractivity contribution in [3.05, 3.63) is 6.61 Å². The molecule has 2 nitrogen and oxygen atoms in total. The zero-order chi connectivity index (χ0) is 10.3. The summed E-state index contributed by atoms with van der Waals surface area (Å²) < 4.78 is 5.86. The lowest BCUT2D eigenvalue weighted by molar-refractivity contribution is -0.192. The van der Waals surface area contributed by atoms with Gasteiger partial charge in [-0.1, -0.05) is 0 Å². The summed E-state index contributed by atoms with van der Waals surface area (Å²) in [5, 5.41) is 0. The number of carbonyl (C=O) groups excluding carboxylic acids is 1. The van der Waals surface area contributed by atoms with Crippen molar-refractivity contribution in [3.8, 4) is 0 Å². The van der Waals surface area contributed by atoms with Crippen molar-refractivity contribution in [1.29, 1.82) is 0 Å². The topological polar surface area (TPSA) is 26.3 Å². The predicted molar refractivity (Wildman–Crippen MR) is 54.8 cm³/mol. The first-order chi connectivity index (χ1) is 7.14. The van der Waals surface area contributed by atoms with Gasteiger partial charge in [0.1, 0.15) is 0 Å². The molecule has 1 radical (unpaired) electrons. The van der Waals surface area contributed by atoms with Gasteiger partial charge in [-0.2, -0.15) is 0 Å². The number of ether oxygens (including phenoxy) is 1. The van der Waals surface area contributed by atoms with E-state index in [1.165, 1.54) is 25.9 Å². The Bertz CT molecular complexity index is 334. The first kappa shape index (κ1) is 8.74. The highest BCUT2D eigenvalue weighted by Gasteiger charge is 2.70. The molecule has 1 aliphatic heterocycles.